The van der Waals surface area contributed by atoms with E-state index in [4.69, 9.17) is 23.5 Å². The van der Waals surface area contributed by atoms with Crippen molar-refractivity contribution in [2.45, 2.75) is 0 Å². The molecule has 0 unspecified atom stereocenters. The zero-order valence-electron chi connectivity index (χ0n) is 9.38. The average molecular weight is 270 g/mol. The summed E-state index contributed by atoms with van der Waals surface area (Å²) in [6.07, 6.45) is 0. The first kappa shape index (κ1) is 16.1. The van der Waals surface area contributed by atoms with E-state index in [0.717, 1.165) is 0 Å². The molecule has 0 aliphatic carbocycles. The van der Waals surface area contributed by atoms with Crippen LogP contribution in [0.1, 0.15) is 0 Å². The van der Waals surface area contributed by atoms with E-state index in [1.165, 1.54) is 0 Å². The lowest BCUT2D eigenvalue weighted by molar-refractivity contribution is 0.454. The molecular weight excluding hydrogens is 256 g/mol. The molecule has 0 radical (unpaired) electrons. The molecule has 2 aromatic rings. The lowest BCUT2D eigenvalue weighted by atomic mass is 10.3. The van der Waals surface area contributed by atoms with Gasteiger partial charge in [-0.15, -0.1) is 0 Å². The molecule has 0 aromatic heterocycles. The lowest BCUT2D eigenvalue weighted by Gasteiger charge is -1.82. The molecule has 0 saturated heterocycles. The minimum Gasteiger partial charge on any atom is -0.508 e. The molecular formula is C12H14O5S. The molecule has 98 valence electrons. The molecule has 4 N–H and O–H groups in total. The summed E-state index contributed by atoms with van der Waals surface area (Å²) in [6.45, 7) is 0. The highest BCUT2D eigenvalue weighted by Crippen LogP contribution is 2.03. The monoisotopic (exact) mass is 270 g/mol. The summed E-state index contributed by atoms with van der Waals surface area (Å²) >= 11 is -2.61. The Kier molecular flexibility index (Phi) is 9.20. The van der Waals surface area contributed by atoms with Gasteiger partial charge in [0.2, 0.25) is 0 Å². The SMILES string of the molecule is O=S(O)O.Oc1ccccc1.Oc1ccccc1. The third kappa shape index (κ3) is 12.2. The van der Waals surface area contributed by atoms with Gasteiger partial charge in [-0.3, -0.25) is 9.11 Å². The Morgan fingerprint density at radius 3 is 1.00 bits per heavy atom. The van der Waals surface area contributed by atoms with Crippen molar-refractivity contribution in [3.8, 4) is 11.5 Å². The van der Waals surface area contributed by atoms with Gasteiger partial charge >= 0.3 is 0 Å². The van der Waals surface area contributed by atoms with Crippen molar-refractivity contribution < 1.29 is 23.5 Å². The van der Waals surface area contributed by atoms with Gasteiger partial charge < -0.3 is 10.2 Å². The van der Waals surface area contributed by atoms with E-state index >= 15 is 0 Å². The number of hydrogen-bond donors (Lipinski definition) is 4. The van der Waals surface area contributed by atoms with E-state index in [2.05, 4.69) is 0 Å². The summed E-state index contributed by atoms with van der Waals surface area (Å²) in [4.78, 5) is 0. The van der Waals surface area contributed by atoms with Crippen LogP contribution in [-0.4, -0.2) is 23.5 Å². The van der Waals surface area contributed by atoms with Gasteiger partial charge in [-0.25, -0.2) is 0 Å². The summed E-state index contributed by atoms with van der Waals surface area (Å²) in [7, 11) is 0. The van der Waals surface area contributed by atoms with Crippen LogP contribution in [0.5, 0.6) is 11.5 Å². The van der Waals surface area contributed by atoms with Crippen LogP contribution in [-0.2, 0) is 11.4 Å². The van der Waals surface area contributed by atoms with Gasteiger partial charge in [0.05, 0.1) is 0 Å². The Morgan fingerprint density at radius 2 is 0.889 bits per heavy atom. The van der Waals surface area contributed by atoms with Crippen LogP contribution in [0.25, 0.3) is 0 Å². The van der Waals surface area contributed by atoms with Gasteiger partial charge in [0.1, 0.15) is 11.5 Å². The molecule has 5 nitrogen and oxygen atoms in total. The maximum absolute atomic E-state index is 8.67. The van der Waals surface area contributed by atoms with Crippen LogP contribution < -0.4 is 0 Å². The first-order valence-electron chi connectivity index (χ1n) is 4.80. The quantitative estimate of drug-likeness (QED) is 0.551. The summed E-state index contributed by atoms with van der Waals surface area (Å²) in [6, 6.07) is 17.4. The topological polar surface area (TPSA) is 98.0 Å². The molecule has 2 rings (SSSR count). The van der Waals surface area contributed by atoms with Crippen molar-refractivity contribution >= 4 is 11.4 Å². The minimum atomic E-state index is -2.61. The molecule has 0 fully saturated rings. The normalized spacial score (nSPS) is 8.61. The summed E-state index contributed by atoms with van der Waals surface area (Å²) in [5.74, 6) is 0.644. The van der Waals surface area contributed by atoms with Crippen molar-refractivity contribution in [3.63, 3.8) is 0 Å². The first-order chi connectivity index (χ1) is 8.52. The van der Waals surface area contributed by atoms with Gasteiger partial charge in [0, 0.05) is 0 Å². The molecule has 18 heavy (non-hydrogen) atoms. The number of phenolic OH excluding ortho intramolecular Hbond substituents is 2. The van der Waals surface area contributed by atoms with Crippen LogP contribution in [0.2, 0.25) is 0 Å². The van der Waals surface area contributed by atoms with E-state index in [9.17, 15) is 0 Å². The molecule has 6 heteroatoms. The Bertz CT molecular complexity index is 391. The molecule has 0 atom stereocenters. The van der Waals surface area contributed by atoms with Gasteiger partial charge in [0.15, 0.2) is 0 Å². The average Bonchev–Trinajstić information content (AvgIpc) is 2.31. The van der Waals surface area contributed by atoms with E-state index in [1.807, 2.05) is 12.1 Å². The number of para-hydroxylation sites is 2. The molecule has 0 spiro atoms. The number of aromatic hydroxyl groups is 2. The van der Waals surface area contributed by atoms with Crippen LogP contribution in [0, 0.1) is 0 Å². The Balaban J connectivity index is 0.000000253. The molecule has 0 aliphatic rings. The second-order valence-electron chi connectivity index (χ2n) is 2.90. The number of phenols is 2. The molecule has 0 heterocycles. The van der Waals surface area contributed by atoms with Crippen molar-refractivity contribution in [1.29, 1.82) is 0 Å². The predicted molar refractivity (Wildman–Crippen MR) is 69.6 cm³/mol. The molecule has 0 amide bonds. The maximum Gasteiger partial charge on any atom is 0.299 e. The lowest BCUT2D eigenvalue weighted by Crippen LogP contribution is -1.74. The Morgan fingerprint density at radius 1 is 0.667 bits per heavy atom. The van der Waals surface area contributed by atoms with E-state index in [1.54, 1.807) is 48.5 Å². The predicted octanol–water partition coefficient (Wildman–Crippen LogP) is 2.47. The first-order valence-corrected chi connectivity index (χ1v) is 5.86. The van der Waals surface area contributed by atoms with Gasteiger partial charge in [-0.1, -0.05) is 36.4 Å². The third-order valence-electron chi connectivity index (χ3n) is 1.51. The fraction of sp³-hybridized carbons (Fsp3) is 0. The largest absolute Gasteiger partial charge is 0.508 e. The number of hydrogen-bond acceptors (Lipinski definition) is 3. The zero-order valence-corrected chi connectivity index (χ0v) is 10.2. The van der Waals surface area contributed by atoms with Crippen LogP contribution in [0.3, 0.4) is 0 Å². The molecule has 0 saturated carbocycles. The summed E-state index contributed by atoms with van der Waals surface area (Å²) in [5, 5.41) is 17.3. The van der Waals surface area contributed by atoms with Crippen molar-refractivity contribution in [3.05, 3.63) is 60.7 Å². The van der Waals surface area contributed by atoms with Crippen LogP contribution in [0.15, 0.2) is 60.7 Å². The molecule has 2 aromatic carbocycles. The second kappa shape index (κ2) is 10.3. The molecule has 0 aliphatic heterocycles. The summed E-state index contributed by atoms with van der Waals surface area (Å²) < 4.78 is 22.8. The van der Waals surface area contributed by atoms with E-state index in [0.29, 0.717) is 11.5 Å². The van der Waals surface area contributed by atoms with Crippen molar-refractivity contribution in [2.24, 2.45) is 0 Å². The number of rotatable bonds is 0. The van der Waals surface area contributed by atoms with Crippen molar-refractivity contribution in [2.75, 3.05) is 0 Å². The van der Waals surface area contributed by atoms with Crippen LogP contribution in [0.4, 0.5) is 0 Å². The fourth-order valence-corrected chi connectivity index (χ4v) is 0.856. The highest BCUT2D eigenvalue weighted by Gasteiger charge is 1.75. The van der Waals surface area contributed by atoms with Crippen LogP contribution >= 0.6 is 0 Å². The zero-order chi connectivity index (χ0) is 13.8. The molecule has 0 bridgehead atoms. The summed E-state index contributed by atoms with van der Waals surface area (Å²) in [5.41, 5.74) is 0. The Labute approximate surface area is 107 Å². The highest BCUT2D eigenvalue weighted by atomic mass is 32.2. The van der Waals surface area contributed by atoms with Gasteiger partial charge in [0.25, 0.3) is 11.4 Å². The highest BCUT2D eigenvalue weighted by molar-refractivity contribution is 7.73. The standard InChI is InChI=1S/2C6H6O.H2O3S/c2*7-6-4-2-1-3-5-6;1-4(2)3/h2*1-5,7H;(H2,1,2,3). The van der Waals surface area contributed by atoms with E-state index in [-0.39, 0.29) is 0 Å². The smallest absolute Gasteiger partial charge is 0.299 e. The van der Waals surface area contributed by atoms with Gasteiger partial charge in [-0.2, -0.15) is 4.21 Å². The maximum atomic E-state index is 8.67. The fourth-order valence-electron chi connectivity index (χ4n) is 0.856. The van der Waals surface area contributed by atoms with E-state index < -0.39 is 11.4 Å². The second-order valence-corrected chi connectivity index (χ2v) is 3.36. The van der Waals surface area contributed by atoms with Gasteiger partial charge in [-0.05, 0) is 24.3 Å². The third-order valence-corrected chi connectivity index (χ3v) is 1.51. The number of benzene rings is 2. The minimum absolute atomic E-state index is 0.322. The van der Waals surface area contributed by atoms with Crippen molar-refractivity contribution in [1.82, 2.24) is 0 Å². The Hall–Kier alpha value is -1.89.